The van der Waals surface area contributed by atoms with Gasteiger partial charge in [-0.3, -0.25) is 9.67 Å². The lowest BCUT2D eigenvalue weighted by molar-refractivity contribution is 0.414. The lowest BCUT2D eigenvalue weighted by atomic mass is 10.2. The Kier molecular flexibility index (Phi) is 3.81. The molecule has 1 aromatic carbocycles. The number of methoxy groups -OCH3 is 1. The lowest BCUT2D eigenvalue weighted by Gasteiger charge is -2.10. The Hall–Kier alpha value is -1.62. The molecule has 0 aliphatic heterocycles. The molecule has 18 heavy (non-hydrogen) atoms. The largest absolute Gasteiger partial charge is 0.497 e. The number of aromatic amines is 1. The molecule has 0 amide bonds. The Morgan fingerprint density at radius 2 is 2.22 bits per heavy atom. The van der Waals surface area contributed by atoms with Crippen LogP contribution in [0.15, 0.2) is 24.3 Å². The minimum Gasteiger partial charge on any atom is -0.497 e. The number of rotatable bonds is 4. The van der Waals surface area contributed by atoms with E-state index in [4.69, 9.17) is 17.0 Å². The summed E-state index contributed by atoms with van der Waals surface area (Å²) in [6.45, 7) is 4.92. The molecule has 2 aromatic rings. The van der Waals surface area contributed by atoms with Crippen molar-refractivity contribution in [3.8, 4) is 5.75 Å². The highest BCUT2D eigenvalue weighted by molar-refractivity contribution is 7.71. The van der Waals surface area contributed by atoms with Gasteiger partial charge in [0.25, 0.3) is 0 Å². The zero-order chi connectivity index (χ0) is 13.1. The van der Waals surface area contributed by atoms with Gasteiger partial charge in [0.15, 0.2) is 4.77 Å². The van der Waals surface area contributed by atoms with Crippen LogP contribution < -0.4 is 4.74 Å². The van der Waals surface area contributed by atoms with Gasteiger partial charge in [0, 0.05) is 5.92 Å². The summed E-state index contributed by atoms with van der Waals surface area (Å²) >= 11 is 5.27. The molecule has 0 atom stereocenters. The van der Waals surface area contributed by atoms with Crippen LogP contribution in [0.2, 0.25) is 0 Å². The van der Waals surface area contributed by atoms with Crippen molar-refractivity contribution < 1.29 is 4.74 Å². The van der Waals surface area contributed by atoms with E-state index in [0.29, 0.717) is 17.2 Å². The van der Waals surface area contributed by atoms with Gasteiger partial charge in [-0.2, -0.15) is 5.10 Å². The smallest absolute Gasteiger partial charge is 0.195 e. The van der Waals surface area contributed by atoms with Crippen molar-refractivity contribution in [3.63, 3.8) is 0 Å². The number of hydrogen-bond donors (Lipinski definition) is 1. The zero-order valence-corrected chi connectivity index (χ0v) is 11.6. The zero-order valence-electron chi connectivity index (χ0n) is 10.8. The van der Waals surface area contributed by atoms with E-state index in [1.807, 2.05) is 22.8 Å². The predicted molar refractivity (Wildman–Crippen MR) is 73.6 cm³/mol. The van der Waals surface area contributed by atoms with Crippen molar-refractivity contribution in [2.75, 3.05) is 7.11 Å². The van der Waals surface area contributed by atoms with Gasteiger partial charge in [0.2, 0.25) is 0 Å². The van der Waals surface area contributed by atoms with Crippen LogP contribution in [0.25, 0.3) is 0 Å². The molecule has 0 bridgehead atoms. The molecule has 0 saturated heterocycles. The van der Waals surface area contributed by atoms with Gasteiger partial charge >= 0.3 is 0 Å². The molecule has 5 heteroatoms. The van der Waals surface area contributed by atoms with E-state index in [-0.39, 0.29) is 0 Å². The average molecular weight is 263 g/mol. The monoisotopic (exact) mass is 263 g/mol. The fourth-order valence-electron chi connectivity index (χ4n) is 1.88. The number of nitrogens with one attached hydrogen (secondary N) is 1. The van der Waals surface area contributed by atoms with E-state index >= 15 is 0 Å². The summed E-state index contributed by atoms with van der Waals surface area (Å²) in [7, 11) is 1.67. The summed E-state index contributed by atoms with van der Waals surface area (Å²) in [4.78, 5) is 0. The second-order valence-electron chi connectivity index (χ2n) is 4.48. The van der Waals surface area contributed by atoms with Crippen molar-refractivity contribution in [3.05, 3.63) is 40.4 Å². The highest BCUT2D eigenvalue weighted by Crippen LogP contribution is 2.17. The van der Waals surface area contributed by atoms with Crippen molar-refractivity contribution >= 4 is 12.2 Å². The Labute approximate surface area is 112 Å². The summed E-state index contributed by atoms with van der Waals surface area (Å²) in [6.07, 6.45) is 0. The van der Waals surface area contributed by atoms with Crippen molar-refractivity contribution in [1.29, 1.82) is 0 Å². The molecule has 0 aliphatic rings. The Morgan fingerprint density at radius 3 is 2.89 bits per heavy atom. The normalized spacial score (nSPS) is 10.9. The van der Waals surface area contributed by atoms with Gasteiger partial charge in [-0.05, 0) is 29.9 Å². The first-order chi connectivity index (χ1) is 8.61. The summed E-state index contributed by atoms with van der Waals surface area (Å²) in [5, 5.41) is 7.12. The fraction of sp³-hybridized carbons (Fsp3) is 0.385. The molecular formula is C13H17N3OS. The van der Waals surface area contributed by atoms with Gasteiger partial charge in [-0.15, -0.1) is 0 Å². The third kappa shape index (κ3) is 2.61. The quantitative estimate of drug-likeness (QED) is 0.862. The molecule has 1 heterocycles. The first-order valence-electron chi connectivity index (χ1n) is 5.90. The van der Waals surface area contributed by atoms with E-state index in [9.17, 15) is 0 Å². The summed E-state index contributed by atoms with van der Waals surface area (Å²) in [5.41, 5.74) is 1.15. The molecular weight excluding hydrogens is 246 g/mol. The number of aromatic nitrogens is 3. The molecule has 0 spiro atoms. The third-order valence-electron chi connectivity index (χ3n) is 2.78. The number of ether oxygens (including phenoxy) is 1. The summed E-state index contributed by atoms with van der Waals surface area (Å²) < 4.78 is 7.90. The van der Waals surface area contributed by atoms with Crippen LogP contribution >= 0.6 is 12.2 Å². The van der Waals surface area contributed by atoms with Crippen LogP contribution in [-0.2, 0) is 6.54 Å². The number of nitrogens with zero attached hydrogens (tertiary/aromatic N) is 2. The molecule has 4 nitrogen and oxygen atoms in total. The predicted octanol–water partition coefficient (Wildman–Crippen LogP) is 3.12. The number of hydrogen-bond acceptors (Lipinski definition) is 3. The Morgan fingerprint density at radius 1 is 1.44 bits per heavy atom. The van der Waals surface area contributed by atoms with Crippen LogP contribution in [0, 0.1) is 4.77 Å². The minimum atomic E-state index is 0.337. The topological polar surface area (TPSA) is 42.8 Å². The second-order valence-corrected chi connectivity index (χ2v) is 4.87. The maximum absolute atomic E-state index is 5.27. The van der Waals surface area contributed by atoms with Gasteiger partial charge in [0.1, 0.15) is 11.6 Å². The Balaban J connectivity index is 2.33. The maximum atomic E-state index is 5.27. The van der Waals surface area contributed by atoms with E-state index in [0.717, 1.165) is 17.1 Å². The van der Waals surface area contributed by atoms with Crippen LogP contribution in [0.1, 0.15) is 31.2 Å². The standard InChI is InChI=1S/C13H17N3OS/c1-9(2)12-14-15-13(18)16(12)8-10-5-4-6-11(7-10)17-3/h4-7,9H,8H2,1-3H3,(H,15,18). The molecule has 1 aromatic heterocycles. The highest BCUT2D eigenvalue weighted by atomic mass is 32.1. The van der Waals surface area contributed by atoms with Gasteiger partial charge in [-0.25, -0.2) is 0 Å². The van der Waals surface area contributed by atoms with E-state index in [1.54, 1.807) is 7.11 Å². The second kappa shape index (κ2) is 5.35. The molecule has 0 saturated carbocycles. The van der Waals surface area contributed by atoms with Gasteiger partial charge in [0.05, 0.1) is 13.7 Å². The first-order valence-corrected chi connectivity index (χ1v) is 6.30. The Bertz CT molecular complexity index is 586. The number of H-pyrrole nitrogens is 1. The summed E-state index contributed by atoms with van der Waals surface area (Å²) in [6, 6.07) is 7.98. The van der Waals surface area contributed by atoms with E-state index in [1.165, 1.54) is 0 Å². The van der Waals surface area contributed by atoms with Crippen LogP contribution in [0.3, 0.4) is 0 Å². The molecule has 0 unspecified atom stereocenters. The van der Waals surface area contributed by atoms with Crippen LogP contribution in [-0.4, -0.2) is 21.9 Å². The number of benzene rings is 1. The fourth-order valence-corrected chi connectivity index (χ4v) is 2.08. The van der Waals surface area contributed by atoms with Crippen LogP contribution in [0.4, 0.5) is 0 Å². The average Bonchev–Trinajstić information content (AvgIpc) is 2.71. The SMILES string of the molecule is COc1cccc(Cn2c(C(C)C)n[nH]c2=S)c1. The summed E-state index contributed by atoms with van der Waals surface area (Å²) in [5.74, 6) is 2.17. The molecule has 1 N–H and O–H groups in total. The van der Waals surface area contributed by atoms with E-state index in [2.05, 4.69) is 30.1 Å². The first kappa shape index (κ1) is 12.8. The molecule has 0 aliphatic carbocycles. The van der Waals surface area contributed by atoms with Gasteiger partial charge < -0.3 is 4.74 Å². The minimum absolute atomic E-state index is 0.337. The van der Waals surface area contributed by atoms with Crippen molar-refractivity contribution in [2.45, 2.75) is 26.3 Å². The lowest BCUT2D eigenvalue weighted by Crippen LogP contribution is -2.07. The molecule has 0 fully saturated rings. The third-order valence-corrected chi connectivity index (χ3v) is 3.09. The van der Waals surface area contributed by atoms with Crippen molar-refractivity contribution in [1.82, 2.24) is 14.8 Å². The molecule has 0 radical (unpaired) electrons. The van der Waals surface area contributed by atoms with Crippen molar-refractivity contribution in [2.24, 2.45) is 0 Å². The van der Waals surface area contributed by atoms with E-state index < -0.39 is 0 Å². The molecule has 96 valence electrons. The highest BCUT2D eigenvalue weighted by Gasteiger charge is 2.10. The molecule has 2 rings (SSSR count). The maximum Gasteiger partial charge on any atom is 0.195 e. The van der Waals surface area contributed by atoms with Gasteiger partial charge in [-0.1, -0.05) is 26.0 Å². The van der Waals surface area contributed by atoms with Crippen LogP contribution in [0.5, 0.6) is 5.75 Å².